The Morgan fingerprint density at radius 2 is 1.45 bits per heavy atom. The van der Waals surface area contributed by atoms with Crippen LogP contribution in [-0.4, -0.2) is 24.9 Å². The fraction of sp³-hybridized carbons (Fsp3) is 0. The van der Waals surface area contributed by atoms with Crippen molar-refractivity contribution in [2.75, 3.05) is 0 Å². The number of aromatic carboxylic acids is 2. The normalized spacial score (nSPS) is 10.4. The van der Waals surface area contributed by atoms with Crippen molar-refractivity contribution < 1.29 is 91.9 Å². The fourth-order valence-electron chi connectivity index (χ4n) is 1.94. The Morgan fingerprint density at radius 1 is 0.955 bits per heavy atom. The molecule has 0 aliphatic carbocycles. The summed E-state index contributed by atoms with van der Waals surface area (Å²) >= 11 is 0. The van der Waals surface area contributed by atoms with Crippen molar-refractivity contribution in [2.45, 2.75) is 4.90 Å². The fourth-order valence-corrected chi connectivity index (χ4v) is 2.66. The molecule has 0 bridgehead atoms. The SMILES string of the molecule is O=C([O-])c1c(S(=O)(=O)O)cc2ccccc2c1C(=O)[O-].[Na+].[Na+]. The molecule has 22 heavy (non-hydrogen) atoms. The molecule has 7 nitrogen and oxygen atoms in total. The average Bonchev–Trinajstić information content (AvgIpc) is 2.34. The second-order valence-corrected chi connectivity index (χ2v) is 5.29. The van der Waals surface area contributed by atoms with Gasteiger partial charge in [-0.1, -0.05) is 24.3 Å². The number of carboxylic acids is 2. The third-order valence-electron chi connectivity index (χ3n) is 2.70. The van der Waals surface area contributed by atoms with Crippen molar-refractivity contribution in [2.24, 2.45) is 0 Å². The van der Waals surface area contributed by atoms with Crippen molar-refractivity contribution in [1.29, 1.82) is 0 Å². The summed E-state index contributed by atoms with van der Waals surface area (Å²) in [6, 6.07) is 6.47. The molecule has 10 heteroatoms. The van der Waals surface area contributed by atoms with Crippen molar-refractivity contribution >= 4 is 32.8 Å². The van der Waals surface area contributed by atoms with Crippen LogP contribution in [0.3, 0.4) is 0 Å². The van der Waals surface area contributed by atoms with E-state index in [1.807, 2.05) is 0 Å². The molecule has 0 aromatic heterocycles. The van der Waals surface area contributed by atoms with Gasteiger partial charge in [-0.25, -0.2) is 0 Å². The van der Waals surface area contributed by atoms with Gasteiger partial charge in [-0.05, 0) is 16.8 Å². The van der Waals surface area contributed by atoms with E-state index >= 15 is 0 Å². The number of carbonyl (C=O) groups is 2. The number of hydrogen-bond donors (Lipinski definition) is 1. The number of fused-ring (bicyclic) bond motifs is 1. The maximum absolute atomic E-state index is 11.2. The van der Waals surface area contributed by atoms with E-state index in [4.69, 9.17) is 4.55 Å². The van der Waals surface area contributed by atoms with E-state index in [0.717, 1.165) is 6.07 Å². The van der Waals surface area contributed by atoms with Gasteiger partial charge >= 0.3 is 59.1 Å². The van der Waals surface area contributed by atoms with Crippen LogP contribution in [0.15, 0.2) is 35.2 Å². The molecule has 0 aliphatic rings. The number of benzene rings is 2. The zero-order chi connectivity index (χ0) is 15.1. The van der Waals surface area contributed by atoms with E-state index in [2.05, 4.69) is 0 Å². The van der Waals surface area contributed by atoms with Crippen LogP contribution >= 0.6 is 0 Å². The summed E-state index contributed by atoms with van der Waals surface area (Å²) in [6.07, 6.45) is 0. The van der Waals surface area contributed by atoms with Crippen LogP contribution in [0.2, 0.25) is 0 Å². The monoisotopic (exact) mass is 340 g/mol. The molecule has 0 spiro atoms. The molecule has 0 radical (unpaired) electrons. The van der Waals surface area contributed by atoms with Gasteiger partial charge in [-0.3, -0.25) is 4.55 Å². The molecule has 0 fully saturated rings. The van der Waals surface area contributed by atoms with Gasteiger partial charge in [0, 0.05) is 11.1 Å². The number of carboxylic acid groups (broad SMARTS) is 2. The van der Waals surface area contributed by atoms with Crippen molar-refractivity contribution in [3.63, 3.8) is 0 Å². The molecule has 0 saturated carbocycles. The summed E-state index contributed by atoms with van der Waals surface area (Å²) in [5.41, 5.74) is -1.98. The number of hydrogen-bond acceptors (Lipinski definition) is 6. The van der Waals surface area contributed by atoms with Gasteiger partial charge < -0.3 is 19.8 Å². The first-order chi connectivity index (χ1) is 9.23. The smallest absolute Gasteiger partial charge is 0.545 e. The Labute approximate surface area is 169 Å². The molecule has 0 aliphatic heterocycles. The Morgan fingerprint density at radius 3 is 1.91 bits per heavy atom. The summed E-state index contributed by atoms with van der Waals surface area (Å²) < 4.78 is 31.5. The van der Waals surface area contributed by atoms with Gasteiger partial charge in [0.1, 0.15) is 4.90 Å². The van der Waals surface area contributed by atoms with Crippen molar-refractivity contribution in [3.05, 3.63) is 41.5 Å². The van der Waals surface area contributed by atoms with Crippen molar-refractivity contribution in [1.82, 2.24) is 0 Å². The molecule has 1 N–H and O–H groups in total. The first kappa shape index (κ1) is 21.6. The molecule has 0 amide bonds. The Hall–Kier alpha value is -0.450. The van der Waals surface area contributed by atoms with E-state index in [1.165, 1.54) is 24.3 Å². The zero-order valence-electron chi connectivity index (χ0n) is 11.7. The predicted molar refractivity (Wildman–Crippen MR) is 62.4 cm³/mol. The van der Waals surface area contributed by atoms with Gasteiger partial charge in [0.15, 0.2) is 0 Å². The first-order valence-corrected chi connectivity index (χ1v) is 6.63. The summed E-state index contributed by atoms with van der Waals surface area (Å²) in [5.74, 6) is -3.92. The van der Waals surface area contributed by atoms with E-state index in [-0.39, 0.29) is 69.9 Å². The summed E-state index contributed by atoms with van der Waals surface area (Å²) in [4.78, 5) is 21.2. The van der Waals surface area contributed by atoms with Gasteiger partial charge in [-0.2, -0.15) is 8.42 Å². The van der Waals surface area contributed by atoms with Crippen molar-refractivity contribution in [3.8, 4) is 0 Å². The van der Waals surface area contributed by atoms with Crippen LogP contribution in [-0.2, 0) is 10.1 Å². The number of carbonyl (C=O) groups excluding carboxylic acids is 2. The average molecular weight is 340 g/mol. The van der Waals surface area contributed by atoms with Crippen LogP contribution in [0.5, 0.6) is 0 Å². The molecular weight excluding hydrogens is 334 g/mol. The standard InChI is InChI=1S/C12H8O7S.2Na/c13-11(14)9-7-4-2-1-3-6(7)5-8(20(17,18)19)10(9)12(15)16;;/h1-5H,(H,13,14)(H,15,16)(H,17,18,19);;/q;2*+1/p-2. The van der Waals surface area contributed by atoms with Gasteiger partial charge in [0.25, 0.3) is 10.1 Å². The molecule has 0 unspecified atom stereocenters. The molecule has 2 aromatic rings. The van der Waals surface area contributed by atoms with E-state index in [1.54, 1.807) is 0 Å². The minimum atomic E-state index is -4.94. The molecule has 104 valence electrons. The second-order valence-electron chi connectivity index (χ2n) is 3.90. The first-order valence-electron chi connectivity index (χ1n) is 5.19. The van der Waals surface area contributed by atoms with Gasteiger partial charge in [-0.15, -0.1) is 0 Å². The third-order valence-corrected chi connectivity index (χ3v) is 3.58. The predicted octanol–water partition coefficient (Wildman–Crippen LogP) is -7.18. The Kier molecular flexibility index (Phi) is 7.73. The quantitative estimate of drug-likeness (QED) is 0.433. The summed E-state index contributed by atoms with van der Waals surface area (Å²) in [5, 5.41) is 22.3. The molecule has 0 atom stereocenters. The van der Waals surface area contributed by atoms with E-state index in [9.17, 15) is 28.2 Å². The van der Waals surface area contributed by atoms with E-state index in [0.29, 0.717) is 0 Å². The Balaban J connectivity index is 0.00000220. The van der Waals surface area contributed by atoms with Crippen LogP contribution < -0.4 is 69.3 Å². The van der Waals surface area contributed by atoms with Crippen LogP contribution in [0.1, 0.15) is 20.7 Å². The summed E-state index contributed by atoms with van der Waals surface area (Å²) in [6.45, 7) is 0. The van der Waals surface area contributed by atoms with Gasteiger partial charge in [0.05, 0.1) is 11.9 Å². The zero-order valence-corrected chi connectivity index (χ0v) is 16.5. The molecule has 0 heterocycles. The maximum atomic E-state index is 11.2. The van der Waals surface area contributed by atoms with Crippen LogP contribution in [0, 0.1) is 0 Å². The minimum Gasteiger partial charge on any atom is -0.545 e. The van der Waals surface area contributed by atoms with Crippen LogP contribution in [0.25, 0.3) is 10.8 Å². The molecular formula is C12H6Na2O7S. The summed E-state index contributed by atoms with van der Waals surface area (Å²) in [7, 11) is -4.94. The number of rotatable bonds is 3. The van der Waals surface area contributed by atoms with E-state index < -0.39 is 38.1 Å². The van der Waals surface area contributed by atoms with Gasteiger partial charge in [0.2, 0.25) is 0 Å². The topological polar surface area (TPSA) is 135 Å². The molecule has 0 saturated heterocycles. The maximum Gasteiger partial charge on any atom is 1.00 e. The molecule has 2 aromatic carbocycles. The molecule has 2 rings (SSSR count). The second kappa shape index (κ2) is 7.89. The van der Waals surface area contributed by atoms with Crippen LogP contribution in [0.4, 0.5) is 0 Å². The minimum absolute atomic E-state index is 0. The Bertz CT molecular complexity index is 846. The third kappa shape index (κ3) is 4.09. The largest absolute Gasteiger partial charge is 1.00 e.